The number of anilines is 1. The highest BCUT2D eigenvalue weighted by Gasteiger charge is 2.21. The standard InChI is InChI=1S/C23H26N4O2.C18H15BrN2O2.CH4/c1-3-29-23(28)20-16-21(17-8-10-24-11-9-17)25-22(20)18-4-6-19(7-5-18)27-14-12-26(2)13-15-27;1-2-23-18(22)15-11-16(12-7-9-20-10-8-12)21-17(15)13-3-5-14(19)6-4-13;/h4-11,16,25H,3,12-15H2,1-2H3;3-11,21H,2H2,1H3;1H4. The van der Waals surface area contributed by atoms with Gasteiger partial charge >= 0.3 is 11.9 Å². The van der Waals surface area contributed by atoms with Gasteiger partial charge in [0.2, 0.25) is 0 Å². The first kappa shape index (κ1) is 38.7. The number of carbonyl (C=O) groups excluding carboxylic acids is 2. The minimum Gasteiger partial charge on any atom is -0.462 e. The second kappa shape index (κ2) is 18.3. The van der Waals surface area contributed by atoms with Crippen LogP contribution in [0.3, 0.4) is 0 Å². The van der Waals surface area contributed by atoms with Gasteiger partial charge in [0.1, 0.15) is 0 Å². The summed E-state index contributed by atoms with van der Waals surface area (Å²) in [5, 5.41) is 0. The summed E-state index contributed by atoms with van der Waals surface area (Å²) in [6.07, 6.45) is 6.93. The monoisotopic (exact) mass is 776 g/mol. The summed E-state index contributed by atoms with van der Waals surface area (Å²) in [4.78, 5) is 44.4. The van der Waals surface area contributed by atoms with Crippen molar-refractivity contribution < 1.29 is 19.1 Å². The van der Waals surface area contributed by atoms with E-state index in [1.54, 1.807) is 31.7 Å². The lowest BCUT2D eigenvalue weighted by Crippen LogP contribution is -2.44. The molecule has 1 aliphatic rings. The second-order valence-corrected chi connectivity index (χ2v) is 13.1. The highest BCUT2D eigenvalue weighted by molar-refractivity contribution is 9.10. The van der Waals surface area contributed by atoms with Gasteiger partial charge in [-0.15, -0.1) is 0 Å². The molecule has 2 aromatic carbocycles. The summed E-state index contributed by atoms with van der Waals surface area (Å²) in [5.74, 6) is -0.649. The fourth-order valence-corrected chi connectivity index (χ4v) is 6.26. The van der Waals surface area contributed by atoms with Gasteiger partial charge < -0.3 is 29.2 Å². The van der Waals surface area contributed by atoms with Gasteiger partial charge in [0.15, 0.2) is 0 Å². The lowest BCUT2D eigenvalue weighted by molar-refractivity contribution is 0.0518. The van der Waals surface area contributed by atoms with E-state index in [0.29, 0.717) is 24.3 Å². The average Bonchev–Trinajstić information content (AvgIpc) is 3.84. The van der Waals surface area contributed by atoms with Crippen LogP contribution in [-0.2, 0) is 9.47 Å². The van der Waals surface area contributed by atoms with Crippen molar-refractivity contribution in [2.75, 3.05) is 51.3 Å². The van der Waals surface area contributed by atoms with E-state index in [1.165, 1.54) is 5.69 Å². The molecule has 2 N–H and O–H groups in total. The Morgan fingerprint density at radius 1 is 0.642 bits per heavy atom. The van der Waals surface area contributed by atoms with Crippen molar-refractivity contribution in [2.45, 2.75) is 21.3 Å². The number of piperazine rings is 1. The number of pyridine rings is 2. The Bertz CT molecular complexity index is 2070. The van der Waals surface area contributed by atoms with E-state index in [-0.39, 0.29) is 19.4 Å². The summed E-state index contributed by atoms with van der Waals surface area (Å²) in [5.41, 5.74) is 9.37. The number of hydrogen-bond acceptors (Lipinski definition) is 8. The highest BCUT2D eigenvalue weighted by Crippen LogP contribution is 2.32. The maximum absolute atomic E-state index is 12.6. The van der Waals surface area contributed by atoms with Gasteiger partial charge in [-0.1, -0.05) is 47.6 Å². The Labute approximate surface area is 319 Å². The molecule has 274 valence electrons. The highest BCUT2D eigenvalue weighted by atomic mass is 79.9. The van der Waals surface area contributed by atoms with Crippen molar-refractivity contribution in [3.8, 4) is 45.0 Å². The summed E-state index contributed by atoms with van der Waals surface area (Å²) in [6, 6.07) is 27.5. The molecule has 11 heteroatoms. The molecule has 0 spiro atoms. The van der Waals surface area contributed by atoms with E-state index in [1.807, 2.05) is 67.6 Å². The molecule has 1 saturated heterocycles. The normalized spacial score (nSPS) is 12.6. The first-order valence-electron chi connectivity index (χ1n) is 17.3. The van der Waals surface area contributed by atoms with Gasteiger partial charge in [-0.05, 0) is 92.7 Å². The van der Waals surface area contributed by atoms with E-state index in [9.17, 15) is 9.59 Å². The smallest absolute Gasteiger partial charge is 0.340 e. The van der Waals surface area contributed by atoms with E-state index in [2.05, 4.69) is 77.0 Å². The van der Waals surface area contributed by atoms with Crippen LogP contribution in [0, 0.1) is 0 Å². The predicted octanol–water partition coefficient (Wildman–Crippen LogP) is 8.99. The minimum atomic E-state index is -0.332. The quantitative estimate of drug-likeness (QED) is 0.140. The van der Waals surface area contributed by atoms with Crippen LogP contribution in [0.15, 0.2) is 114 Å². The molecular weight excluding hydrogens is 732 g/mol. The molecule has 6 aromatic rings. The average molecular weight is 778 g/mol. The van der Waals surface area contributed by atoms with Crippen LogP contribution in [0.1, 0.15) is 42.0 Å². The zero-order valence-corrected chi connectivity index (χ0v) is 31.0. The number of nitrogens with one attached hydrogen (secondary N) is 2. The summed E-state index contributed by atoms with van der Waals surface area (Å²) in [6.45, 7) is 8.50. The van der Waals surface area contributed by atoms with E-state index >= 15 is 0 Å². The number of aromatic amines is 2. The number of ether oxygens (including phenoxy) is 2. The largest absolute Gasteiger partial charge is 0.462 e. The van der Waals surface area contributed by atoms with E-state index in [0.717, 1.165) is 75.7 Å². The zero-order valence-electron chi connectivity index (χ0n) is 29.4. The molecule has 7 rings (SSSR count). The lowest BCUT2D eigenvalue weighted by Gasteiger charge is -2.34. The fourth-order valence-electron chi connectivity index (χ4n) is 6.00. The van der Waals surface area contributed by atoms with Crippen LogP contribution >= 0.6 is 15.9 Å². The summed E-state index contributed by atoms with van der Waals surface area (Å²) in [7, 11) is 2.16. The Kier molecular flexibility index (Phi) is 13.4. The molecule has 10 nitrogen and oxygen atoms in total. The molecule has 1 aliphatic heterocycles. The molecule has 53 heavy (non-hydrogen) atoms. The van der Waals surface area contributed by atoms with Gasteiger partial charge in [-0.25, -0.2) is 9.59 Å². The zero-order chi connectivity index (χ0) is 36.5. The predicted molar refractivity (Wildman–Crippen MR) is 215 cm³/mol. The molecule has 0 bridgehead atoms. The molecule has 1 fully saturated rings. The number of esters is 2. The van der Waals surface area contributed by atoms with Crippen LogP contribution in [0.4, 0.5) is 5.69 Å². The van der Waals surface area contributed by atoms with E-state index in [4.69, 9.17) is 9.47 Å². The Morgan fingerprint density at radius 3 is 1.47 bits per heavy atom. The topological polar surface area (TPSA) is 116 Å². The number of rotatable bonds is 9. The third-order valence-corrected chi connectivity index (χ3v) is 9.29. The first-order chi connectivity index (χ1) is 25.3. The Hall–Kier alpha value is -5.52. The molecule has 5 heterocycles. The van der Waals surface area contributed by atoms with Crippen LogP contribution in [-0.4, -0.2) is 83.2 Å². The number of likely N-dealkylation sites (N-methyl/N-ethyl adjacent to an activating group) is 1. The first-order valence-corrected chi connectivity index (χ1v) is 18.0. The van der Waals surface area contributed by atoms with Crippen LogP contribution < -0.4 is 4.90 Å². The molecule has 0 saturated carbocycles. The van der Waals surface area contributed by atoms with Crippen molar-refractivity contribution in [3.05, 3.63) is 125 Å². The number of halogens is 1. The van der Waals surface area contributed by atoms with Crippen molar-refractivity contribution in [1.29, 1.82) is 0 Å². The van der Waals surface area contributed by atoms with Gasteiger partial charge in [-0.3, -0.25) is 9.97 Å². The maximum atomic E-state index is 12.6. The fraction of sp³-hybridized carbons (Fsp3) is 0.238. The number of aromatic nitrogens is 4. The van der Waals surface area contributed by atoms with Gasteiger partial charge in [-0.2, -0.15) is 0 Å². The van der Waals surface area contributed by atoms with Crippen LogP contribution in [0.2, 0.25) is 0 Å². The van der Waals surface area contributed by atoms with Gasteiger partial charge in [0.25, 0.3) is 0 Å². The van der Waals surface area contributed by atoms with Gasteiger partial charge in [0.05, 0.1) is 35.7 Å². The van der Waals surface area contributed by atoms with Crippen molar-refractivity contribution >= 4 is 33.6 Å². The maximum Gasteiger partial charge on any atom is 0.340 e. The summed E-state index contributed by atoms with van der Waals surface area (Å²) < 4.78 is 11.5. The third kappa shape index (κ3) is 9.48. The number of carbonyl (C=O) groups is 2. The number of nitrogens with zero attached hydrogens (tertiary/aromatic N) is 4. The van der Waals surface area contributed by atoms with Crippen molar-refractivity contribution in [2.24, 2.45) is 0 Å². The SMILES string of the molecule is C.CCOC(=O)c1cc(-c2ccncc2)[nH]c1-c1ccc(Br)cc1.CCOC(=O)c1cc(-c2ccncc2)[nH]c1-c1ccc(N2CCN(C)CC2)cc1. The lowest BCUT2D eigenvalue weighted by atomic mass is 10.1. The molecule has 4 aromatic heterocycles. The molecule has 0 atom stereocenters. The number of benzene rings is 2. The van der Waals surface area contributed by atoms with E-state index < -0.39 is 0 Å². The van der Waals surface area contributed by atoms with Crippen LogP contribution in [0.25, 0.3) is 45.0 Å². The molecule has 0 radical (unpaired) electrons. The van der Waals surface area contributed by atoms with Crippen LogP contribution in [0.5, 0.6) is 0 Å². The molecular formula is C42H45BrN6O4. The Morgan fingerprint density at radius 2 is 1.06 bits per heavy atom. The molecule has 0 unspecified atom stereocenters. The molecule has 0 amide bonds. The third-order valence-electron chi connectivity index (χ3n) is 8.77. The molecule has 0 aliphatic carbocycles. The van der Waals surface area contributed by atoms with Crippen molar-refractivity contribution in [1.82, 2.24) is 24.8 Å². The van der Waals surface area contributed by atoms with Crippen molar-refractivity contribution in [3.63, 3.8) is 0 Å². The second-order valence-electron chi connectivity index (χ2n) is 12.2. The number of hydrogen-bond donors (Lipinski definition) is 2. The number of H-pyrrole nitrogens is 2. The summed E-state index contributed by atoms with van der Waals surface area (Å²) >= 11 is 3.42. The minimum absolute atomic E-state index is 0. The van der Waals surface area contributed by atoms with Gasteiger partial charge in [0, 0.05) is 83.6 Å². The Balaban J connectivity index is 0.000000206.